The Bertz CT molecular complexity index is 582. The highest BCUT2D eigenvalue weighted by atomic mass is 16.5. The van der Waals surface area contributed by atoms with Crippen molar-refractivity contribution in [2.45, 2.75) is 57.4 Å². The molecule has 0 bridgehead atoms. The fourth-order valence-corrected chi connectivity index (χ4v) is 2.99. The zero-order valence-corrected chi connectivity index (χ0v) is 14.6. The highest BCUT2D eigenvalue weighted by molar-refractivity contribution is 5.95. The van der Waals surface area contributed by atoms with Gasteiger partial charge in [-0.1, -0.05) is 56.5 Å². The zero-order chi connectivity index (χ0) is 18.1. The Kier molecular flexibility index (Phi) is 7.44. The van der Waals surface area contributed by atoms with E-state index in [9.17, 15) is 14.4 Å². The number of carbonyl (C=O) groups excluding carboxylic acids is 3. The highest BCUT2D eigenvalue weighted by Crippen LogP contribution is 2.19. The van der Waals surface area contributed by atoms with Crippen molar-refractivity contribution in [1.82, 2.24) is 10.6 Å². The van der Waals surface area contributed by atoms with Gasteiger partial charge < -0.3 is 10.1 Å². The van der Waals surface area contributed by atoms with Crippen LogP contribution in [0.25, 0.3) is 0 Å². The first-order valence-corrected chi connectivity index (χ1v) is 8.85. The van der Waals surface area contributed by atoms with Crippen LogP contribution in [0.2, 0.25) is 0 Å². The van der Waals surface area contributed by atoms with Crippen LogP contribution in [0.1, 0.15) is 56.9 Å². The van der Waals surface area contributed by atoms with Crippen molar-refractivity contribution in [3.05, 3.63) is 35.9 Å². The monoisotopic (exact) mass is 346 g/mol. The Hall–Kier alpha value is -2.37. The molecule has 3 amide bonds. The van der Waals surface area contributed by atoms with E-state index >= 15 is 0 Å². The smallest absolute Gasteiger partial charge is 0.321 e. The third kappa shape index (κ3) is 6.95. The number of amides is 3. The molecule has 1 fully saturated rings. The van der Waals surface area contributed by atoms with Crippen LogP contribution in [-0.4, -0.2) is 30.6 Å². The molecule has 0 saturated heterocycles. The number of rotatable bonds is 6. The fraction of sp³-hybridized carbons (Fsp3) is 0.526. The molecule has 1 aromatic rings. The van der Waals surface area contributed by atoms with E-state index in [4.69, 9.17) is 4.74 Å². The van der Waals surface area contributed by atoms with E-state index in [-0.39, 0.29) is 18.4 Å². The SMILES string of the molecule is C[C@H](CC(=O)OCC(=O)NC(=O)NC1CCCCC1)c1ccccc1. The lowest BCUT2D eigenvalue weighted by atomic mass is 9.96. The van der Waals surface area contributed by atoms with Crippen molar-refractivity contribution in [2.24, 2.45) is 0 Å². The molecule has 0 radical (unpaired) electrons. The van der Waals surface area contributed by atoms with Crippen LogP contribution in [0.15, 0.2) is 30.3 Å². The average molecular weight is 346 g/mol. The van der Waals surface area contributed by atoms with Gasteiger partial charge in [-0.05, 0) is 24.3 Å². The molecule has 6 nitrogen and oxygen atoms in total. The van der Waals surface area contributed by atoms with E-state index in [2.05, 4.69) is 10.6 Å². The van der Waals surface area contributed by atoms with Gasteiger partial charge in [0.15, 0.2) is 6.61 Å². The number of imide groups is 1. The van der Waals surface area contributed by atoms with Gasteiger partial charge in [-0.2, -0.15) is 0 Å². The van der Waals surface area contributed by atoms with Crippen molar-refractivity contribution < 1.29 is 19.1 Å². The van der Waals surface area contributed by atoms with Gasteiger partial charge in [0, 0.05) is 6.04 Å². The number of hydrogen-bond acceptors (Lipinski definition) is 4. The predicted molar refractivity (Wildman–Crippen MR) is 94.0 cm³/mol. The molecule has 25 heavy (non-hydrogen) atoms. The van der Waals surface area contributed by atoms with E-state index in [1.807, 2.05) is 37.3 Å². The summed E-state index contributed by atoms with van der Waals surface area (Å²) >= 11 is 0. The van der Waals surface area contributed by atoms with Gasteiger partial charge in [-0.15, -0.1) is 0 Å². The third-order valence-electron chi connectivity index (χ3n) is 4.40. The minimum absolute atomic E-state index is 0.00589. The van der Waals surface area contributed by atoms with Crippen LogP contribution in [0.3, 0.4) is 0 Å². The van der Waals surface area contributed by atoms with Gasteiger partial charge in [0.2, 0.25) is 0 Å². The molecule has 1 aliphatic carbocycles. The second-order valence-corrected chi connectivity index (χ2v) is 6.53. The topological polar surface area (TPSA) is 84.5 Å². The molecule has 1 saturated carbocycles. The van der Waals surface area contributed by atoms with E-state index in [1.165, 1.54) is 6.42 Å². The lowest BCUT2D eigenvalue weighted by Gasteiger charge is -2.22. The summed E-state index contributed by atoms with van der Waals surface area (Å²) in [7, 11) is 0. The summed E-state index contributed by atoms with van der Waals surface area (Å²) in [4.78, 5) is 35.3. The van der Waals surface area contributed by atoms with E-state index < -0.39 is 24.5 Å². The van der Waals surface area contributed by atoms with Crippen molar-refractivity contribution in [1.29, 1.82) is 0 Å². The molecule has 2 N–H and O–H groups in total. The quantitative estimate of drug-likeness (QED) is 0.776. The third-order valence-corrected chi connectivity index (χ3v) is 4.40. The zero-order valence-electron chi connectivity index (χ0n) is 14.6. The maximum absolute atomic E-state index is 11.8. The minimum atomic E-state index is -0.617. The maximum Gasteiger partial charge on any atom is 0.321 e. The molecule has 0 aliphatic heterocycles. The summed E-state index contributed by atoms with van der Waals surface area (Å²) in [5.41, 5.74) is 1.04. The summed E-state index contributed by atoms with van der Waals surface area (Å²) in [6.07, 6.45) is 5.44. The molecule has 1 aliphatic rings. The second kappa shape index (κ2) is 9.81. The van der Waals surface area contributed by atoms with Crippen LogP contribution < -0.4 is 10.6 Å². The number of carbonyl (C=O) groups is 3. The molecule has 0 spiro atoms. The normalized spacial score (nSPS) is 15.9. The lowest BCUT2D eigenvalue weighted by molar-refractivity contribution is -0.148. The molecule has 0 aromatic heterocycles. The van der Waals surface area contributed by atoms with Crippen LogP contribution in [0.5, 0.6) is 0 Å². The van der Waals surface area contributed by atoms with Gasteiger partial charge >= 0.3 is 12.0 Å². The van der Waals surface area contributed by atoms with Crippen molar-refractivity contribution in [3.63, 3.8) is 0 Å². The fourth-order valence-electron chi connectivity index (χ4n) is 2.99. The summed E-state index contributed by atoms with van der Waals surface area (Å²) < 4.78 is 4.96. The molecule has 2 rings (SSSR count). The standard InChI is InChI=1S/C19H26N2O4/c1-14(15-8-4-2-5-9-15)12-18(23)25-13-17(22)21-19(24)20-16-10-6-3-7-11-16/h2,4-5,8-9,14,16H,3,6-7,10-13H2,1H3,(H2,20,21,22,24)/t14-/m1/s1. The number of nitrogens with one attached hydrogen (secondary N) is 2. The summed E-state index contributed by atoms with van der Waals surface area (Å²) in [5, 5.41) is 4.98. The average Bonchev–Trinajstić information content (AvgIpc) is 2.61. The maximum atomic E-state index is 11.8. The van der Waals surface area contributed by atoms with Gasteiger partial charge in [-0.3, -0.25) is 14.9 Å². The number of hydrogen-bond donors (Lipinski definition) is 2. The van der Waals surface area contributed by atoms with Crippen molar-refractivity contribution in [2.75, 3.05) is 6.61 Å². The number of ether oxygens (including phenoxy) is 1. The molecular weight excluding hydrogens is 320 g/mol. The van der Waals surface area contributed by atoms with Crippen molar-refractivity contribution >= 4 is 17.9 Å². The van der Waals surface area contributed by atoms with Gasteiger partial charge in [0.1, 0.15) is 0 Å². The first kappa shape index (κ1) is 19.0. The molecule has 1 atom stereocenters. The largest absolute Gasteiger partial charge is 0.456 e. The Morgan fingerprint density at radius 2 is 1.80 bits per heavy atom. The van der Waals surface area contributed by atoms with Crippen molar-refractivity contribution in [3.8, 4) is 0 Å². The number of urea groups is 1. The van der Waals surface area contributed by atoms with Gasteiger partial charge in [0.05, 0.1) is 6.42 Å². The van der Waals surface area contributed by atoms with Crippen LogP contribution in [-0.2, 0) is 14.3 Å². The van der Waals surface area contributed by atoms with Crippen LogP contribution >= 0.6 is 0 Å². The molecule has 1 aromatic carbocycles. The van der Waals surface area contributed by atoms with Gasteiger partial charge in [0.25, 0.3) is 5.91 Å². The van der Waals surface area contributed by atoms with Crippen LogP contribution in [0.4, 0.5) is 4.79 Å². The van der Waals surface area contributed by atoms with E-state index in [0.29, 0.717) is 0 Å². The Labute approximate surface area is 148 Å². The first-order valence-electron chi connectivity index (χ1n) is 8.85. The molecule has 136 valence electrons. The van der Waals surface area contributed by atoms with E-state index in [1.54, 1.807) is 0 Å². The molecule has 0 unspecified atom stereocenters. The Morgan fingerprint density at radius 3 is 2.48 bits per heavy atom. The number of benzene rings is 1. The number of esters is 1. The first-order chi connectivity index (χ1) is 12.0. The highest BCUT2D eigenvalue weighted by Gasteiger charge is 2.18. The Morgan fingerprint density at radius 1 is 1.12 bits per heavy atom. The Balaban J connectivity index is 1.65. The molecule has 0 heterocycles. The van der Waals surface area contributed by atoms with Crippen LogP contribution in [0, 0.1) is 0 Å². The lowest BCUT2D eigenvalue weighted by Crippen LogP contribution is -2.46. The molecule has 6 heteroatoms. The van der Waals surface area contributed by atoms with E-state index in [0.717, 1.165) is 31.2 Å². The molecular formula is C19H26N2O4. The van der Waals surface area contributed by atoms with Gasteiger partial charge in [-0.25, -0.2) is 4.79 Å². The summed E-state index contributed by atoms with van der Waals surface area (Å²) in [6.45, 7) is 1.48. The summed E-state index contributed by atoms with van der Waals surface area (Å²) in [5.74, 6) is -1.07. The summed E-state index contributed by atoms with van der Waals surface area (Å²) in [6, 6.07) is 9.23. The minimum Gasteiger partial charge on any atom is -0.456 e. The predicted octanol–water partition coefficient (Wildman–Crippen LogP) is 2.88. The second-order valence-electron chi connectivity index (χ2n) is 6.53.